The van der Waals surface area contributed by atoms with Gasteiger partial charge in [-0.15, -0.1) is 11.8 Å². The normalized spacial score (nSPS) is 14.1. The van der Waals surface area contributed by atoms with Crippen LogP contribution in [0.5, 0.6) is 0 Å². The SMILES string of the molecule is Cc1ccc(C(=O)Nc2ccc(-n3ccnc3)cc2)c(C2CCN(C(=O)CSc3ccsc3)CC2)n1. The zero-order valence-corrected chi connectivity index (χ0v) is 21.6. The van der Waals surface area contributed by atoms with E-state index in [0.29, 0.717) is 24.4 Å². The first kappa shape index (κ1) is 24.3. The minimum absolute atomic E-state index is 0.142. The molecule has 0 unspecified atom stereocenters. The quantitative estimate of drug-likeness (QED) is 0.333. The standard InChI is InChI=1S/C27H27N5O2S2/c1-19-2-7-24(27(34)30-21-3-5-22(6-4-21)32-14-11-28-18-32)26(29-19)20-8-12-31(13-9-20)25(33)17-36-23-10-15-35-16-23/h2-7,10-11,14-16,18,20H,8-9,12-13,17H2,1H3,(H,30,34). The Kier molecular flexibility index (Phi) is 7.48. The Morgan fingerprint density at radius 2 is 1.92 bits per heavy atom. The number of nitrogens with zero attached hydrogens (tertiary/aromatic N) is 4. The number of pyridine rings is 1. The van der Waals surface area contributed by atoms with Gasteiger partial charge in [0.25, 0.3) is 5.91 Å². The average Bonchev–Trinajstić information content (AvgIpc) is 3.63. The molecule has 4 heterocycles. The third-order valence-electron chi connectivity index (χ3n) is 6.33. The van der Waals surface area contributed by atoms with Crippen molar-refractivity contribution in [2.24, 2.45) is 0 Å². The number of likely N-dealkylation sites (tertiary alicyclic amines) is 1. The predicted octanol–water partition coefficient (Wildman–Crippen LogP) is 5.39. The third kappa shape index (κ3) is 5.68. The highest BCUT2D eigenvalue weighted by molar-refractivity contribution is 8.00. The number of hydrogen-bond donors (Lipinski definition) is 1. The first-order chi connectivity index (χ1) is 17.6. The van der Waals surface area contributed by atoms with E-state index in [2.05, 4.69) is 15.7 Å². The van der Waals surface area contributed by atoms with Gasteiger partial charge in [-0.05, 0) is 67.6 Å². The maximum Gasteiger partial charge on any atom is 0.257 e. The smallest absolute Gasteiger partial charge is 0.257 e. The Morgan fingerprint density at radius 1 is 1.11 bits per heavy atom. The number of benzene rings is 1. The van der Waals surface area contributed by atoms with Gasteiger partial charge < -0.3 is 14.8 Å². The van der Waals surface area contributed by atoms with Crippen molar-refractivity contribution >= 4 is 40.6 Å². The fraction of sp³-hybridized carbons (Fsp3) is 0.259. The Morgan fingerprint density at radius 3 is 2.61 bits per heavy atom. The number of carbonyl (C=O) groups excluding carboxylic acids is 2. The van der Waals surface area contributed by atoms with Crippen molar-refractivity contribution < 1.29 is 9.59 Å². The second kappa shape index (κ2) is 11.1. The zero-order chi connectivity index (χ0) is 24.9. The first-order valence-electron chi connectivity index (χ1n) is 11.9. The van der Waals surface area contributed by atoms with Crippen molar-refractivity contribution in [1.29, 1.82) is 0 Å². The van der Waals surface area contributed by atoms with Crippen LogP contribution >= 0.6 is 23.1 Å². The lowest BCUT2D eigenvalue weighted by Gasteiger charge is -2.32. The summed E-state index contributed by atoms with van der Waals surface area (Å²) in [5.41, 5.74) is 3.99. The van der Waals surface area contributed by atoms with Crippen molar-refractivity contribution in [3.05, 3.63) is 88.9 Å². The fourth-order valence-electron chi connectivity index (χ4n) is 4.38. The molecule has 1 aliphatic rings. The lowest BCUT2D eigenvalue weighted by molar-refractivity contribution is -0.129. The molecule has 0 radical (unpaired) electrons. The summed E-state index contributed by atoms with van der Waals surface area (Å²) in [6, 6.07) is 13.4. The maximum atomic E-state index is 13.2. The molecule has 2 amide bonds. The number of thiophene rings is 1. The molecular formula is C27H27N5O2S2. The van der Waals surface area contributed by atoms with Crippen LogP contribution in [0.1, 0.15) is 40.5 Å². The molecule has 1 aromatic carbocycles. The van der Waals surface area contributed by atoms with Crippen LogP contribution in [-0.4, -0.2) is 50.1 Å². The van der Waals surface area contributed by atoms with Crippen LogP contribution in [0.3, 0.4) is 0 Å². The minimum Gasteiger partial charge on any atom is -0.342 e. The van der Waals surface area contributed by atoms with Crippen molar-refractivity contribution in [1.82, 2.24) is 19.4 Å². The second-order valence-corrected chi connectivity index (χ2v) is 10.6. The molecule has 0 saturated carbocycles. The summed E-state index contributed by atoms with van der Waals surface area (Å²) in [5.74, 6) is 0.595. The van der Waals surface area contributed by atoms with Gasteiger partial charge >= 0.3 is 0 Å². The van der Waals surface area contributed by atoms with Gasteiger partial charge in [0.15, 0.2) is 0 Å². The lowest BCUT2D eigenvalue weighted by Crippen LogP contribution is -2.39. The number of aromatic nitrogens is 3. The first-order valence-corrected chi connectivity index (χ1v) is 13.8. The second-order valence-electron chi connectivity index (χ2n) is 8.76. The number of nitrogens with one attached hydrogen (secondary N) is 1. The Balaban J connectivity index is 1.23. The topological polar surface area (TPSA) is 80.1 Å². The minimum atomic E-state index is -0.168. The number of thioether (sulfide) groups is 1. The van der Waals surface area contributed by atoms with Gasteiger partial charge in [-0.2, -0.15) is 11.3 Å². The molecule has 36 heavy (non-hydrogen) atoms. The van der Waals surface area contributed by atoms with Crippen LogP contribution in [0.25, 0.3) is 5.69 Å². The molecule has 5 rings (SSSR count). The van der Waals surface area contributed by atoms with E-state index in [1.807, 2.05) is 70.4 Å². The molecule has 0 atom stereocenters. The summed E-state index contributed by atoms with van der Waals surface area (Å²) in [6.07, 6.45) is 6.93. The van der Waals surface area contributed by atoms with Crippen molar-refractivity contribution in [3.63, 3.8) is 0 Å². The number of amides is 2. The number of rotatable bonds is 7. The highest BCUT2D eigenvalue weighted by Gasteiger charge is 2.28. The molecule has 4 aromatic rings. The number of anilines is 1. The molecule has 3 aromatic heterocycles. The number of carbonyl (C=O) groups is 2. The molecule has 1 saturated heterocycles. The van der Waals surface area contributed by atoms with Gasteiger partial charge in [-0.3, -0.25) is 14.6 Å². The van der Waals surface area contributed by atoms with Crippen LogP contribution in [-0.2, 0) is 4.79 Å². The van der Waals surface area contributed by atoms with Gasteiger partial charge in [-0.25, -0.2) is 4.98 Å². The van der Waals surface area contributed by atoms with Gasteiger partial charge in [-0.1, -0.05) is 0 Å². The fourth-order valence-corrected chi connectivity index (χ4v) is 6.06. The van der Waals surface area contributed by atoms with E-state index in [1.165, 1.54) is 0 Å². The van der Waals surface area contributed by atoms with Gasteiger partial charge in [0.2, 0.25) is 5.91 Å². The van der Waals surface area contributed by atoms with Gasteiger partial charge in [0.1, 0.15) is 0 Å². The predicted molar refractivity (Wildman–Crippen MR) is 144 cm³/mol. The highest BCUT2D eigenvalue weighted by atomic mass is 32.2. The maximum absolute atomic E-state index is 13.2. The van der Waals surface area contributed by atoms with E-state index < -0.39 is 0 Å². The number of aryl methyl sites for hydroxylation is 1. The summed E-state index contributed by atoms with van der Waals surface area (Å²) in [5, 5.41) is 7.11. The van der Waals surface area contributed by atoms with E-state index in [0.717, 1.165) is 40.5 Å². The van der Waals surface area contributed by atoms with Crippen molar-refractivity contribution in [2.45, 2.75) is 30.6 Å². The number of hydrogen-bond acceptors (Lipinski definition) is 6. The average molecular weight is 518 g/mol. The summed E-state index contributed by atoms with van der Waals surface area (Å²) in [4.78, 5) is 37.8. The Bertz CT molecular complexity index is 1310. The number of imidazole rings is 1. The summed E-state index contributed by atoms with van der Waals surface area (Å²) in [6.45, 7) is 3.31. The molecule has 7 nitrogen and oxygen atoms in total. The zero-order valence-electron chi connectivity index (χ0n) is 20.0. The van der Waals surface area contributed by atoms with Gasteiger partial charge in [0.05, 0.1) is 23.3 Å². The van der Waals surface area contributed by atoms with Crippen LogP contribution < -0.4 is 5.32 Å². The molecule has 0 aliphatic carbocycles. The molecular weight excluding hydrogens is 490 g/mol. The van der Waals surface area contributed by atoms with Crippen molar-refractivity contribution in [3.8, 4) is 5.69 Å². The van der Waals surface area contributed by atoms with Crippen LogP contribution in [0.4, 0.5) is 5.69 Å². The van der Waals surface area contributed by atoms with E-state index in [9.17, 15) is 9.59 Å². The largest absolute Gasteiger partial charge is 0.342 e. The molecule has 184 valence electrons. The summed E-state index contributed by atoms with van der Waals surface area (Å²) in [7, 11) is 0. The molecule has 0 bridgehead atoms. The number of piperidine rings is 1. The molecule has 1 fully saturated rings. The van der Waals surface area contributed by atoms with Crippen molar-refractivity contribution in [2.75, 3.05) is 24.2 Å². The Labute approximate surface area is 218 Å². The van der Waals surface area contributed by atoms with E-state index in [-0.39, 0.29) is 17.7 Å². The molecule has 9 heteroatoms. The molecule has 1 N–H and O–H groups in total. The van der Waals surface area contributed by atoms with Crippen LogP contribution in [0, 0.1) is 6.92 Å². The molecule has 1 aliphatic heterocycles. The lowest BCUT2D eigenvalue weighted by atomic mass is 9.89. The summed E-state index contributed by atoms with van der Waals surface area (Å²) < 4.78 is 1.91. The van der Waals surface area contributed by atoms with Gasteiger partial charge in [0, 0.05) is 58.7 Å². The monoisotopic (exact) mass is 517 g/mol. The van der Waals surface area contributed by atoms with E-state index in [4.69, 9.17) is 4.98 Å². The van der Waals surface area contributed by atoms with E-state index in [1.54, 1.807) is 35.6 Å². The Hall–Kier alpha value is -3.43. The van der Waals surface area contributed by atoms with Crippen LogP contribution in [0.2, 0.25) is 0 Å². The third-order valence-corrected chi connectivity index (χ3v) is 8.14. The summed E-state index contributed by atoms with van der Waals surface area (Å²) >= 11 is 3.23. The van der Waals surface area contributed by atoms with Crippen LogP contribution in [0.15, 0.2) is 76.8 Å². The molecule has 0 spiro atoms. The highest BCUT2D eigenvalue weighted by Crippen LogP contribution is 2.31. The van der Waals surface area contributed by atoms with E-state index >= 15 is 0 Å².